The summed E-state index contributed by atoms with van der Waals surface area (Å²) in [6, 6.07) is 14.8. The van der Waals surface area contributed by atoms with E-state index in [1.165, 1.54) is 11.8 Å². The number of anilines is 1. The van der Waals surface area contributed by atoms with Crippen LogP contribution in [0.15, 0.2) is 53.4 Å². The zero-order chi connectivity index (χ0) is 19.1. The normalized spacial score (nSPS) is 13.4. The predicted octanol–water partition coefficient (Wildman–Crippen LogP) is 4.05. The molecule has 27 heavy (non-hydrogen) atoms. The largest absolute Gasteiger partial charge is 0.494 e. The molecule has 1 heterocycles. The van der Waals surface area contributed by atoms with Gasteiger partial charge < -0.3 is 15.0 Å². The first-order chi connectivity index (χ1) is 13.2. The van der Waals surface area contributed by atoms with Crippen molar-refractivity contribution >= 4 is 29.3 Å². The molecule has 3 rings (SSSR count). The number of amides is 2. The Labute approximate surface area is 164 Å². The van der Waals surface area contributed by atoms with Crippen molar-refractivity contribution in [3.05, 3.63) is 54.1 Å². The molecule has 0 radical (unpaired) electrons. The molecule has 2 aromatic rings. The summed E-state index contributed by atoms with van der Waals surface area (Å²) in [5, 5.41) is 2.87. The van der Waals surface area contributed by atoms with Gasteiger partial charge in [0.25, 0.3) is 5.91 Å². The maximum Gasteiger partial charge on any atom is 0.253 e. The van der Waals surface area contributed by atoms with E-state index in [0.29, 0.717) is 23.6 Å². The van der Waals surface area contributed by atoms with Gasteiger partial charge in [0.2, 0.25) is 5.91 Å². The summed E-state index contributed by atoms with van der Waals surface area (Å²) in [5.74, 6) is 1.14. The number of nitrogens with one attached hydrogen (secondary N) is 1. The van der Waals surface area contributed by atoms with E-state index >= 15 is 0 Å². The third-order valence-corrected chi connectivity index (χ3v) is 5.33. The number of hydrogen-bond donors (Lipinski definition) is 1. The van der Waals surface area contributed by atoms with Crippen molar-refractivity contribution in [2.75, 3.05) is 30.8 Å². The van der Waals surface area contributed by atoms with E-state index in [1.54, 1.807) is 24.3 Å². The van der Waals surface area contributed by atoms with Crippen molar-refractivity contribution in [2.45, 2.75) is 24.7 Å². The second-order valence-electron chi connectivity index (χ2n) is 6.32. The molecular formula is C21H24N2O3S. The van der Waals surface area contributed by atoms with E-state index in [9.17, 15) is 9.59 Å². The van der Waals surface area contributed by atoms with Crippen LogP contribution in [0, 0.1) is 0 Å². The van der Waals surface area contributed by atoms with Crippen LogP contribution in [0.25, 0.3) is 0 Å². The Kier molecular flexibility index (Phi) is 6.76. The second-order valence-corrected chi connectivity index (χ2v) is 7.37. The number of ether oxygens (including phenoxy) is 1. The van der Waals surface area contributed by atoms with Crippen LogP contribution in [0.5, 0.6) is 5.75 Å². The average molecular weight is 385 g/mol. The minimum atomic E-state index is -0.0764. The van der Waals surface area contributed by atoms with Crippen LogP contribution in [0.2, 0.25) is 0 Å². The van der Waals surface area contributed by atoms with E-state index < -0.39 is 0 Å². The van der Waals surface area contributed by atoms with Gasteiger partial charge in [-0.15, -0.1) is 11.8 Å². The summed E-state index contributed by atoms with van der Waals surface area (Å²) in [5.41, 5.74) is 1.36. The predicted molar refractivity (Wildman–Crippen MR) is 109 cm³/mol. The number of likely N-dealkylation sites (tertiary alicyclic amines) is 1. The molecule has 0 atom stereocenters. The number of carbonyl (C=O) groups is 2. The van der Waals surface area contributed by atoms with Crippen LogP contribution >= 0.6 is 11.8 Å². The zero-order valence-corrected chi connectivity index (χ0v) is 16.3. The minimum absolute atomic E-state index is 0.0661. The van der Waals surface area contributed by atoms with Crippen LogP contribution in [0.1, 0.15) is 30.1 Å². The summed E-state index contributed by atoms with van der Waals surface area (Å²) in [6.07, 6.45) is 2.15. The fraction of sp³-hybridized carbons (Fsp3) is 0.333. The van der Waals surface area contributed by atoms with Gasteiger partial charge >= 0.3 is 0 Å². The highest BCUT2D eigenvalue weighted by Crippen LogP contribution is 2.22. The highest BCUT2D eigenvalue weighted by molar-refractivity contribution is 8.00. The number of rotatable bonds is 7. The van der Waals surface area contributed by atoms with Gasteiger partial charge in [0, 0.05) is 29.2 Å². The molecule has 1 saturated heterocycles. The van der Waals surface area contributed by atoms with Gasteiger partial charge in [-0.2, -0.15) is 0 Å². The molecule has 0 unspecified atom stereocenters. The highest BCUT2D eigenvalue weighted by atomic mass is 32.2. The summed E-state index contributed by atoms with van der Waals surface area (Å²) >= 11 is 1.47. The second kappa shape index (κ2) is 9.46. The number of benzene rings is 2. The number of nitrogens with zero attached hydrogens (tertiary/aromatic N) is 1. The molecule has 1 aliphatic rings. The van der Waals surface area contributed by atoms with Crippen molar-refractivity contribution in [1.29, 1.82) is 0 Å². The van der Waals surface area contributed by atoms with Crippen molar-refractivity contribution < 1.29 is 14.3 Å². The smallest absolute Gasteiger partial charge is 0.253 e. The Morgan fingerprint density at radius 1 is 1.04 bits per heavy atom. The Morgan fingerprint density at radius 2 is 1.70 bits per heavy atom. The Bertz CT molecular complexity index is 769. The molecule has 5 nitrogen and oxygen atoms in total. The molecule has 1 fully saturated rings. The fourth-order valence-corrected chi connectivity index (χ4v) is 3.64. The lowest BCUT2D eigenvalue weighted by Crippen LogP contribution is -2.27. The van der Waals surface area contributed by atoms with E-state index in [0.717, 1.165) is 36.6 Å². The van der Waals surface area contributed by atoms with E-state index in [-0.39, 0.29) is 11.8 Å². The van der Waals surface area contributed by atoms with Gasteiger partial charge in [-0.1, -0.05) is 0 Å². The minimum Gasteiger partial charge on any atom is -0.494 e. The summed E-state index contributed by atoms with van der Waals surface area (Å²) in [6.45, 7) is 4.25. The molecule has 0 bridgehead atoms. The monoisotopic (exact) mass is 384 g/mol. The Balaban J connectivity index is 1.48. The first-order valence-corrected chi connectivity index (χ1v) is 10.2. The molecule has 1 N–H and O–H groups in total. The summed E-state index contributed by atoms with van der Waals surface area (Å²) in [4.78, 5) is 27.4. The van der Waals surface area contributed by atoms with Crippen molar-refractivity contribution in [1.82, 2.24) is 4.90 Å². The molecular weight excluding hydrogens is 360 g/mol. The highest BCUT2D eigenvalue weighted by Gasteiger charge is 2.19. The standard InChI is InChI=1S/C21H24N2O3S/c1-2-26-18-9-11-19(12-10-18)27-15-20(24)22-17-7-5-16(6-8-17)21(25)23-13-3-4-14-23/h5-12H,2-4,13-15H2,1H3,(H,22,24). The first kappa shape index (κ1) is 19.3. The maximum atomic E-state index is 12.3. The van der Waals surface area contributed by atoms with Crippen LogP contribution in [0.4, 0.5) is 5.69 Å². The molecule has 2 amide bonds. The average Bonchev–Trinajstić information content (AvgIpc) is 3.23. The fourth-order valence-electron chi connectivity index (χ4n) is 2.94. The first-order valence-electron chi connectivity index (χ1n) is 9.20. The third kappa shape index (κ3) is 5.50. The van der Waals surface area contributed by atoms with Gasteiger partial charge in [0.15, 0.2) is 0 Å². The van der Waals surface area contributed by atoms with E-state index in [2.05, 4.69) is 5.32 Å². The molecule has 142 valence electrons. The number of thioether (sulfide) groups is 1. The van der Waals surface area contributed by atoms with Gasteiger partial charge in [0.1, 0.15) is 5.75 Å². The van der Waals surface area contributed by atoms with Crippen molar-refractivity contribution in [3.8, 4) is 5.75 Å². The molecule has 0 aromatic heterocycles. The van der Waals surface area contributed by atoms with Gasteiger partial charge in [-0.05, 0) is 68.3 Å². The topological polar surface area (TPSA) is 58.6 Å². The lowest BCUT2D eigenvalue weighted by Gasteiger charge is -2.15. The van der Waals surface area contributed by atoms with Crippen LogP contribution in [-0.4, -0.2) is 42.2 Å². The lowest BCUT2D eigenvalue weighted by molar-refractivity contribution is -0.113. The van der Waals surface area contributed by atoms with Crippen LogP contribution in [-0.2, 0) is 4.79 Å². The van der Waals surface area contributed by atoms with E-state index in [4.69, 9.17) is 4.74 Å². The van der Waals surface area contributed by atoms with Gasteiger partial charge in [-0.25, -0.2) is 0 Å². The Morgan fingerprint density at radius 3 is 2.33 bits per heavy atom. The third-order valence-electron chi connectivity index (χ3n) is 4.31. The summed E-state index contributed by atoms with van der Waals surface area (Å²) in [7, 11) is 0. The number of carbonyl (C=O) groups excluding carboxylic acids is 2. The molecule has 6 heteroatoms. The lowest BCUT2D eigenvalue weighted by atomic mass is 10.2. The van der Waals surface area contributed by atoms with E-state index in [1.807, 2.05) is 36.1 Å². The van der Waals surface area contributed by atoms with Gasteiger partial charge in [-0.3, -0.25) is 9.59 Å². The van der Waals surface area contributed by atoms with Crippen molar-refractivity contribution in [2.24, 2.45) is 0 Å². The van der Waals surface area contributed by atoms with Crippen LogP contribution in [0.3, 0.4) is 0 Å². The Hall–Kier alpha value is -2.47. The molecule has 2 aromatic carbocycles. The summed E-state index contributed by atoms with van der Waals surface area (Å²) < 4.78 is 5.41. The SMILES string of the molecule is CCOc1ccc(SCC(=O)Nc2ccc(C(=O)N3CCCC3)cc2)cc1. The van der Waals surface area contributed by atoms with Crippen LogP contribution < -0.4 is 10.1 Å². The molecule has 0 aliphatic carbocycles. The maximum absolute atomic E-state index is 12.3. The zero-order valence-electron chi connectivity index (χ0n) is 15.4. The number of hydrogen-bond acceptors (Lipinski definition) is 4. The van der Waals surface area contributed by atoms with Gasteiger partial charge in [0.05, 0.1) is 12.4 Å². The molecule has 1 aliphatic heterocycles. The quantitative estimate of drug-likeness (QED) is 0.732. The van der Waals surface area contributed by atoms with Crippen molar-refractivity contribution in [3.63, 3.8) is 0 Å². The molecule has 0 saturated carbocycles. The molecule has 0 spiro atoms.